The average molecular weight is 296 g/mol. The van der Waals surface area contributed by atoms with E-state index in [1.165, 1.54) is 43.3 Å². The number of carbonyl (C=O) groups is 1. The largest absolute Gasteiger partial charge is 0.293 e. The minimum absolute atomic E-state index is 0.0367. The summed E-state index contributed by atoms with van der Waals surface area (Å²) in [4.78, 5) is 12.6. The lowest BCUT2D eigenvalue weighted by molar-refractivity contribution is 0.101. The van der Waals surface area contributed by atoms with Gasteiger partial charge in [0.1, 0.15) is 5.82 Å². The molecule has 0 amide bonds. The first-order chi connectivity index (χ1) is 9.49. The number of hydrogen-bond acceptors (Lipinski definition) is 2. The summed E-state index contributed by atoms with van der Waals surface area (Å²) in [6.07, 6.45) is 0. The number of benzene rings is 2. The molecule has 0 aromatic heterocycles. The van der Waals surface area contributed by atoms with Gasteiger partial charge in [0.2, 0.25) is 0 Å². The number of ketones is 1. The fourth-order valence-corrected chi connectivity index (χ4v) is 2.40. The van der Waals surface area contributed by atoms with Crippen molar-refractivity contribution in [1.82, 2.24) is 0 Å². The van der Waals surface area contributed by atoms with Crippen LogP contribution in [0.15, 0.2) is 41.3 Å². The van der Waals surface area contributed by atoms with Gasteiger partial charge in [0.25, 0.3) is 0 Å². The van der Waals surface area contributed by atoms with Crippen molar-refractivity contribution in [3.05, 3.63) is 65.0 Å². The van der Waals surface area contributed by atoms with Gasteiger partial charge in [0.15, 0.2) is 17.4 Å². The zero-order valence-corrected chi connectivity index (χ0v) is 11.4. The molecule has 0 aliphatic rings. The van der Waals surface area contributed by atoms with Crippen molar-refractivity contribution < 1.29 is 18.0 Å². The summed E-state index contributed by atoms with van der Waals surface area (Å²) in [5.41, 5.74) is -0.104. The molecule has 5 heteroatoms. The maximum atomic E-state index is 13.6. The Morgan fingerprint density at radius 2 is 1.65 bits per heavy atom. The summed E-state index contributed by atoms with van der Waals surface area (Å²) in [5.74, 6) is -3.02. The third-order valence-electron chi connectivity index (χ3n) is 2.76. The molecule has 0 aliphatic carbocycles. The van der Waals surface area contributed by atoms with Crippen LogP contribution in [0.1, 0.15) is 15.9 Å². The van der Waals surface area contributed by atoms with Crippen LogP contribution in [0.25, 0.3) is 0 Å². The van der Waals surface area contributed by atoms with Gasteiger partial charge in [0, 0.05) is 4.90 Å². The Hall–Kier alpha value is -1.75. The van der Waals surface area contributed by atoms with E-state index < -0.39 is 17.4 Å². The highest BCUT2D eigenvalue weighted by molar-refractivity contribution is 8.00. The highest BCUT2D eigenvalue weighted by Crippen LogP contribution is 2.22. The number of Topliss-reactive ketones (excluding diaryl/α,β-unsaturated/α-hetero) is 1. The normalized spacial score (nSPS) is 10.6. The van der Waals surface area contributed by atoms with Crippen molar-refractivity contribution in [2.24, 2.45) is 0 Å². The summed E-state index contributed by atoms with van der Waals surface area (Å²) in [7, 11) is 0. The van der Waals surface area contributed by atoms with E-state index in [4.69, 9.17) is 0 Å². The van der Waals surface area contributed by atoms with Gasteiger partial charge in [-0.2, -0.15) is 0 Å². The number of hydrogen-bond donors (Lipinski definition) is 0. The number of rotatable bonds is 4. The molecule has 0 saturated heterocycles. The first kappa shape index (κ1) is 14.7. The van der Waals surface area contributed by atoms with E-state index in [1.54, 1.807) is 0 Å². The van der Waals surface area contributed by atoms with Crippen LogP contribution in [-0.4, -0.2) is 11.5 Å². The highest BCUT2D eigenvalue weighted by atomic mass is 32.2. The monoisotopic (exact) mass is 296 g/mol. The highest BCUT2D eigenvalue weighted by Gasteiger charge is 2.17. The van der Waals surface area contributed by atoms with Crippen LogP contribution in [0.2, 0.25) is 0 Å². The molecule has 20 heavy (non-hydrogen) atoms. The molecular weight excluding hydrogens is 285 g/mol. The van der Waals surface area contributed by atoms with E-state index in [1.807, 2.05) is 0 Å². The second kappa shape index (κ2) is 6.13. The molecule has 0 bridgehead atoms. The fourth-order valence-electron chi connectivity index (χ4n) is 1.62. The number of aryl methyl sites for hydroxylation is 1. The van der Waals surface area contributed by atoms with Gasteiger partial charge in [-0.3, -0.25) is 4.79 Å². The molecule has 0 spiro atoms. The summed E-state index contributed by atoms with van der Waals surface area (Å²) in [6, 6.07) is 8.26. The van der Waals surface area contributed by atoms with Gasteiger partial charge in [-0.25, -0.2) is 13.2 Å². The Labute approximate surface area is 118 Å². The van der Waals surface area contributed by atoms with Crippen molar-refractivity contribution >= 4 is 17.5 Å². The SMILES string of the molecule is Cc1ccc(C(=O)CSc2ccc(F)cc2)c(F)c1F. The Balaban J connectivity index is 2.09. The summed E-state index contributed by atoms with van der Waals surface area (Å²) in [6.45, 7) is 1.43. The molecule has 0 unspecified atom stereocenters. The smallest absolute Gasteiger partial charge is 0.176 e. The topological polar surface area (TPSA) is 17.1 Å². The number of halogens is 3. The molecule has 2 aromatic carbocycles. The van der Waals surface area contributed by atoms with Crippen LogP contribution in [0.3, 0.4) is 0 Å². The molecule has 0 heterocycles. The van der Waals surface area contributed by atoms with Gasteiger partial charge >= 0.3 is 0 Å². The Morgan fingerprint density at radius 1 is 1.00 bits per heavy atom. The van der Waals surface area contributed by atoms with Gasteiger partial charge in [-0.15, -0.1) is 11.8 Å². The molecule has 0 N–H and O–H groups in total. The summed E-state index contributed by atoms with van der Waals surface area (Å²) < 4.78 is 39.7. The van der Waals surface area contributed by atoms with Gasteiger partial charge in [-0.1, -0.05) is 6.07 Å². The summed E-state index contributed by atoms with van der Waals surface area (Å²) in [5, 5.41) is 0. The lowest BCUT2D eigenvalue weighted by Gasteiger charge is -2.05. The molecular formula is C15H11F3OS. The third-order valence-corrected chi connectivity index (χ3v) is 3.77. The molecule has 2 rings (SSSR count). The zero-order valence-electron chi connectivity index (χ0n) is 10.6. The lowest BCUT2D eigenvalue weighted by atomic mass is 10.1. The van der Waals surface area contributed by atoms with E-state index in [-0.39, 0.29) is 22.7 Å². The Kier molecular flexibility index (Phi) is 4.49. The second-order valence-electron chi connectivity index (χ2n) is 4.22. The van der Waals surface area contributed by atoms with E-state index in [0.717, 1.165) is 11.8 Å². The van der Waals surface area contributed by atoms with Crippen molar-refractivity contribution in [3.63, 3.8) is 0 Å². The molecule has 0 saturated carbocycles. The minimum Gasteiger partial charge on any atom is -0.293 e. The van der Waals surface area contributed by atoms with Gasteiger partial charge in [-0.05, 0) is 42.8 Å². The zero-order chi connectivity index (χ0) is 14.7. The maximum absolute atomic E-state index is 13.6. The minimum atomic E-state index is -1.12. The Bertz CT molecular complexity index is 638. The van der Waals surface area contributed by atoms with E-state index >= 15 is 0 Å². The number of thioether (sulfide) groups is 1. The van der Waals surface area contributed by atoms with Crippen molar-refractivity contribution in [1.29, 1.82) is 0 Å². The molecule has 0 fully saturated rings. The van der Waals surface area contributed by atoms with Crippen LogP contribution in [0.5, 0.6) is 0 Å². The second-order valence-corrected chi connectivity index (χ2v) is 5.27. The van der Waals surface area contributed by atoms with Crippen molar-refractivity contribution in [2.45, 2.75) is 11.8 Å². The van der Waals surface area contributed by atoms with Crippen LogP contribution in [0, 0.1) is 24.4 Å². The van der Waals surface area contributed by atoms with Crippen LogP contribution >= 0.6 is 11.8 Å². The predicted molar refractivity (Wildman–Crippen MR) is 72.5 cm³/mol. The maximum Gasteiger partial charge on any atom is 0.176 e. The van der Waals surface area contributed by atoms with Gasteiger partial charge < -0.3 is 0 Å². The first-order valence-corrected chi connectivity index (χ1v) is 6.84. The molecule has 0 aliphatic heterocycles. The fraction of sp³-hybridized carbons (Fsp3) is 0.133. The molecule has 0 atom stereocenters. The molecule has 2 aromatic rings. The van der Waals surface area contributed by atoms with Crippen molar-refractivity contribution in [2.75, 3.05) is 5.75 Å². The quantitative estimate of drug-likeness (QED) is 0.615. The lowest BCUT2D eigenvalue weighted by Crippen LogP contribution is -2.07. The first-order valence-electron chi connectivity index (χ1n) is 5.85. The Morgan fingerprint density at radius 3 is 2.30 bits per heavy atom. The summed E-state index contributed by atoms with van der Waals surface area (Å²) >= 11 is 1.15. The van der Waals surface area contributed by atoms with Crippen LogP contribution in [0.4, 0.5) is 13.2 Å². The van der Waals surface area contributed by atoms with Crippen molar-refractivity contribution in [3.8, 4) is 0 Å². The average Bonchev–Trinajstić information content (AvgIpc) is 2.44. The number of carbonyl (C=O) groups excluding carboxylic acids is 1. The van der Waals surface area contributed by atoms with E-state index in [9.17, 15) is 18.0 Å². The van der Waals surface area contributed by atoms with Gasteiger partial charge in [0.05, 0.1) is 11.3 Å². The molecule has 104 valence electrons. The molecule has 0 radical (unpaired) electrons. The van der Waals surface area contributed by atoms with Crippen LogP contribution < -0.4 is 0 Å². The molecule has 1 nitrogen and oxygen atoms in total. The standard InChI is InChI=1S/C15H11F3OS/c1-9-2-7-12(15(18)14(9)17)13(19)8-20-11-5-3-10(16)4-6-11/h2-7H,8H2,1H3. The predicted octanol–water partition coefficient (Wildman–Crippen LogP) is 4.39. The van der Waals surface area contributed by atoms with E-state index in [2.05, 4.69) is 0 Å². The van der Waals surface area contributed by atoms with Crippen LogP contribution in [-0.2, 0) is 0 Å². The van der Waals surface area contributed by atoms with E-state index in [0.29, 0.717) is 4.90 Å². The third kappa shape index (κ3) is 3.22.